The van der Waals surface area contributed by atoms with Gasteiger partial charge in [-0.15, -0.1) is 10.2 Å². The van der Waals surface area contributed by atoms with Crippen LogP contribution in [0.1, 0.15) is 24.4 Å². The fourth-order valence-electron chi connectivity index (χ4n) is 1.62. The molecule has 0 aliphatic rings. The lowest BCUT2D eigenvalue weighted by atomic mass is 10.1. The Morgan fingerprint density at radius 3 is 2.53 bits per heavy atom. The van der Waals surface area contributed by atoms with Crippen molar-refractivity contribution in [3.63, 3.8) is 0 Å². The maximum atomic E-state index is 13.4. The number of benzene rings is 1. The molecule has 2 aromatic rings. The fraction of sp³-hybridized carbons (Fsp3) is 0.385. The number of halogens is 2. The molecule has 102 valence electrons. The van der Waals surface area contributed by atoms with Gasteiger partial charge in [0.2, 0.25) is 5.13 Å². The van der Waals surface area contributed by atoms with Crippen molar-refractivity contribution in [1.29, 1.82) is 0 Å². The highest BCUT2D eigenvalue weighted by Gasteiger charge is 2.10. The third kappa shape index (κ3) is 3.70. The van der Waals surface area contributed by atoms with Gasteiger partial charge in [0.05, 0.1) is 0 Å². The molecule has 0 fully saturated rings. The fourth-order valence-corrected chi connectivity index (χ4v) is 2.57. The molecule has 6 heteroatoms. The molecule has 0 amide bonds. The summed E-state index contributed by atoms with van der Waals surface area (Å²) in [6.07, 6.45) is 0.855. The van der Waals surface area contributed by atoms with Gasteiger partial charge in [0, 0.05) is 18.5 Å². The van der Waals surface area contributed by atoms with Crippen LogP contribution in [0.3, 0.4) is 0 Å². The van der Waals surface area contributed by atoms with Gasteiger partial charge < -0.3 is 5.32 Å². The Morgan fingerprint density at radius 2 is 1.89 bits per heavy atom. The molecule has 0 atom stereocenters. The summed E-state index contributed by atoms with van der Waals surface area (Å²) in [5, 5.41) is 12.4. The van der Waals surface area contributed by atoms with E-state index in [1.165, 1.54) is 29.5 Å². The van der Waals surface area contributed by atoms with E-state index in [0.29, 0.717) is 11.0 Å². The predicted molar refractivity (Wildman–Crippen MR) is 72.1 cm³/mol. The zero-order valence-corrected chi connectivity index (χ0v) is 11.6. The summed E-state index contributed by atoms with van der Waals surface area (Å²) >= 11 is 1.41. The molecule has 0 bridgehead atoms. The number of aromatic nitrogens is 2. The maximum Gasteiger partial charge on any atom is 0.205 e. The van der Waals surface area contributed by atoms with Crippen molar-refractivity contribution in [1.82, 2.24) is 10.2 Å². The van der Waals surface area contributed by atoms with Crippen LogP contribution in [-0.4, -0.2) is 10.2 Å². The zero-order valence-electron chi connectivity index (χ0n) is 10.8. The number of nitrogens with zero attached hydrogens (tertiary/aromatic N) is 2. The Bertz CT molecular complexity index is 534. The molecule has 0 saturated heterocycles. The second-order valence-corrected chi connectivity index (χ2v) is 5.71. The zero-order chi connectivity index (χ0) is 13.8. The summed E-state index contributed by atoms with van der Waals surface area (Å²) in [5.41, 5.74) is 0.0168. The third-order valence-electron chi connectivity index (χ3n) is 2.53. The molecular formula is C13H15F2N3S. The molecule has 0 spiro atoms. The van der Waals surface area contributed by atoms with E-state index in [1.807, 2.05) is 0 Å². The quantitative estimate of drug-likeness (QED) is 0.910. The highest BCUT2D eigenvalue weighted by Crippen LogP contribution is 2.20. The van der Waals surface area contributed by atoms with E-state index in [-0.39, 0.29) is 12.1 Å². The molecule has 19 heavy (non-hydrogen) atoms. The van der Waals surface area contributed by atoms with Gasteiger partial charge in [0.25, 0.3) is 0 Å². The molecule has 0 aliphatic carbocycles. The number of nitrogens with one attached hydrogen (secondary N) is 1. The third-order valence-corrected chi connectivity index (χ3v) is 3.43. The van der Waals surface area contributed by atoms with E-state index >= 15 is 0 Å². The first-order chi connectivity index (χ1) is 9.06. The van der Waals surface area contributed by atoms with E-state index in [4.69, 9.17) is 0 Å². The van der Waals surface area contributed by atoms with Crippen molar-refractivity contribution in [2.24, 2.45) is 5.92 Å². The van der Waals surface area contributed by atoms with Gasteiger partial charge in [0.1, 0.15) is 16.6 Å². The number of hydrogen-bond acceptors (Lipinski definition) is 4. The number of anilines is 1. The first-order valence-corrected chi connectivity index (χ1v) is 6.87. The standard InChI is InChI=1S/C13H15F2N3S/c1-8(2)6-12-17-18-13(19-12)16-7-9-10(14)4-3-5-11(9)15/h3-5,8H,6-7H2,1-2H3,(H,16,18). The van der Waals surface area contributed by atoms with E-state index in [0.717, 1.165) is 11.4 Å². The smallest absolute Gasteiger partial charge is 0.205 e. The van der Waals surface area contributed by atoms with Gasteiger partial charge in [-0.2, -0.15) is 0 Å². The molecule has 2 rings (SSSR count). The van der Waals surface area contributed by atoms with E-state index in [9.17, 15) is 8.78 Å². The monoisotopic (exact) mass is 283 g/mol. The minimum Gasteiger partial charge on any atom is -0.356 e. The summed E-state index contributed by atoms with van der Waals surface area (Å²) in [4.78, 5) is 0. The summed E-state index contributed by atoms with van der Waals surface area (Å²) in [5.74, 6) is -0.608. The molecule has 3 nitrogen and oxygen atoms in total. The van der Waals surface area contributed by atoms with Crippen LogP contribution in [0.15, 0.2) is 18.2 Å². The van der Waals surface area contributed by atoms with Gasteiger partial charge in [-0.05, 0) is 18.1 Å². The minimum absolute atomic E-state index is 0.0168. The Kier molecular flexibility index (Phi) is 4.42. The van der Waals surface area contributed by atoms with Crippen molar-refractivity contribution in [2.45, 2.75) is 26.8 Å². The largest absolute Gasteiger partial charge is 0.356 e. The summed E-state index contributed by atoms with van der Waals surface area (Å²) in [6.45, 7) is 4.27. The average Bonchev–Trinajstić information content (AvgIpc) is 2.75. The summed E-state index contributed by atoms with van der Waals surface area (Å²) in [6, 6.07) is 3.83. The molecule has 1 heterocycles. The van der Waals surface area contributed by atoms with Crippen LogP contribution in [0.25, 0.3) is 0 Å². The SMILES string of the molecule is CC(C)Cc1nnc(NCc2c(F)cccc2F)s1. The summed E-state index contributed by atoms with van der Waals surface area (Å²) < 4.78 is 26.8. The highest BCUT2D eigenvalue weighted by molar-refractivity contribution is 7.15. The highest BCUT2D eigenvalue weighted by atomic mass is 32.1. The van der Waals surface area contributed by atoms with Crippen LogP contribution in [-0.2, 0) is 13.0 Å². The van der Waals surface area contributed by atoms with Crippen molar-refractivity contribution < 1.29 is 8.78 Å². The van der Waals surface area contributed by atoms with Gasteiger partial charge in [-0.3, -0.25) is 0 Å². The average molecular weight is 283 g/mol. The van der Waals surface area contributed by atoms with Crippen LogP contribution in [0.4, 0.5) is 13.9 Å². The van der Waals surface area contributed by atoms with Crippen LogP contribution in [0.2, 0.25) is 0 Å². The van der Waals surface area contributed by atoms with E-state index < -0.39 is 11.6 Å². The normalized spacial score (nSPS) is 11.0. The van der Waals surface area contributed by atoms with Gasteiger partial charge in [0.15, 0.2) is 0 Å². The minimum atomic E-state index is -0.556. The van der Waals surface area contributed by atoms with Crippen LogP contribution in [0, 0.1) is 17.6 Å². The van der Waals surface area contributed by atoms with Crippen molar-refractivity contribution in [3.8, 4) is 0 Å². The molecule has 1 aromatic heterocycles. The lowest BCUT2D eigenvalue weighted by Crippen LogP contribution is -2.04. The second kappa shape index (κ2) is 6.06. The lowest BCUT2D eigenvalue weighted by Gasteiger charge is -2.05. The van der Waals surface area contributed by atoms with E-state index in [1.54, 1.807) is 0 Å². The van der Waals surface area contributed by atoms with E-state index in [2.05, 4.69) is 29.4 Å². The van der Waals surface area contributed by atoms with Crippen LogP contribution >= 0.6 is 11.3 Å². The second-order valence-electron chi connectivity index (χ2n) is 4.65. The predicted octanol–water partition coefficient (Wildman–Crippen LogP) is 3.63. The molecule has 0 radical (unpaired) electrons. The lowest BCUT2D eigenvalue weighted by molar-refractivity contribution is 0.560. The Hall–Kier alpha value is -1.56. The number of hydrogen-bond donors (Lipinski definition) is 1. The Balaban J connectivity index is 2.01. The van der Waals surface area contributed by atoms with Crippen LogP contribution < -0.4 is 5.32 Å². The molecule has 0 saturated carbocycles. The molecule has 0 aliphatic heterocycles. The van der Waals surface area contributed by atoms with Gasteiger partial charge in [-0.25, -0.2) is 8.78 Å². The van der Waals surface area contributed by atoms with Gasteiger partial charge in [-0.1, -0.05) is 31.3 Å². The first kappa shape index (κ1) is 13.9. The first-order valence-electron chi connectivity index (χ1n) is 6.05. The van der Waals surface area contributed by atoms with Crippen molar-refractivity contribution in [3.05, 3.63) is 40.4 Å². The van der Waals surface area contributed by atoms with Crippen LogP contribution in [0.5, 0.6) is 0 Å². The Morgan fingerprint density at radius 1 is 1.21 bits per heavy atom. The van der Waals surface area contributed by atoms with Crippen molar-refractivity contribution >= 4 is 16.5 Å². The Labute approximate surface area is 114 Å². The number of rotatable bonds is 5. The van der Waals surface area contributed by atoms with Crippen molar-refractivity contribution in [2.75, 3.05) is 5.32 Å². The molecular weight excluding hydrogens is 268 g/mol. The van der Waals surface area contributed by atoms with Gasteiger partial charge >= 0.3 is 0 Å². The molecule has 0 unspecified atom stereocenters. The molecule has 1 N–H and O–H groups in total. The maximum absolute atomic E-state index is 13.4. The summed E-state index contributed by atoms with van der Waals surface area (Å²) in [7, 11) is 0. The topological polar surface area (TPSA) is 37.8 Å². The molecule has 1 aromatic carbocycles.